The van der Waals surface area contributed by atoms with Crippen molar-refractivity contribution in [3.05, 3.63) is 80.2 Å². The van der Waals surface area contributed by atoms with Crippen molar-refractivity contribution in [2.75, 3.05) is 0 Å². The van der Waals surface area contributed by atoms with Crippen molar-refractivity contribution in [2.45, 2.75) is 13.1 Å². The van der Waals surface area contributed by atoms with Crippen LogP contribution in [-0.4, -0.2) is 28.2 Å². The summed E-state index contributed by atoms with van der Waals surface area (Å²) in [5, 5.41) is 0.137. The quantitative estimate of drug-likeness (QED) is 0.498. The molecule has 0 aliphatic carbocycles. The predicted molar refractivity (Wildman–Crippen MR) is 102 cm³/mol. The van der Waals surface area contributed by atoms with E-state index in [-0.39, 0.29) is 23.0 Å². The topological polar surface area (TPSA) is 79.6 Å². The lowest BCUT2D eigenvalue weighted by Gasteiger charge is -2.10. The molecule has 8 nitrogen and oxygen atoms in total. The smallest absolute Gasteiger partial charge is 0.329 e. The molecule has 27 heavy (non-hydrogen) atoms. The van der Waals surface area contributed by atoms with Gasteiger partial charge in [0, 0.05) is 33.0 Å². The van der Waals surface area contributed by atoms with E-state index in [1.165, 1.54) is 11.6 Å². The molecule has 4 aromatic rings. The number of nitrogens with zero attached hydrogens (tertiary/aromatic N) is 6. The van der Waals surface area contributed by atoms with Gasteiger partial charge in [0.2, 0.25) is 5.28 Å². The first-order valence-electron chi connectivity index (χ1n) is 8.33. The van der Waals surface area contributed by atoms with Crippen molar-refractivity contribution in [1.82, 2.24) is 28.2 Å². The number of fused-ring (bicyclic) bond motifs is 1. The number of benzene rings is 1. The molecule has 0 N–H and O–H groups in total. The van der Waals surface area contributed by atoms with Crippen LogP contribution in [-0.2, 0) is 27.2 Å². The van der Waals surface area contributed by atoms with Crippen LogP contribution in [0.25, 0.3) is 11.2 Å². The fourth-order valence-corrected chi connectivity index (χ4v) is 3.35. The molecule has 0 amide bonds. The zero-order chi connectivity index (χ0) is 19.1. The highest BCUT2D eigenvalue weighted by atomic mass is 35.5. The second-order valence-electron chi connectivity index (χ2n) is 6.30. The lowest BCUT2D eigenvalue weighted by atomic mass is 10.2. The van der Waals surface area contributed by atoms with Crippen LogP contribution >= 0.6 is 11.6 Å². The average molecular weight is 385 g/mol. The first-order valence-corrected chi connectivity index (χ1v) is 8.71. The zero-order valence-corrected chi connectivity index (χ0v) is 15.6. The van der Waals surface area contributed by atoms with E-state index >= 15 is 0 Å². The van der Waals surface area contributed by atoms with E-state index in [0.29, 0.717) is 6.54 Å². The first-order chi connectivity index (χ1) is 13.0. The summed E-state index contributed by atoms with van der Waals surface area (Å²) in [6.45, 7) is 0.916. The Morgan fingerprint density at radius 1 is 1.04 bits per heavy atom. The zero-order valence-electron chi connectivity index (χ0n) is 14.8. The van der Waals surface area contributed by atoms with Gasteiger partial charge in [-0.25, -0.2) is 9.78 Å². The molecule has 4 rings (SSSR count). The van der Waals surface area contributed by atoms with Crippen LogP contribution in [0, 0.1) is 0 Å². The summed E-state index contributed by atoms with van der Waals surface area (Å²) >= 11 is 6.30. The molecule has 0 atom stereocenters. The van der Waals surface area contributed by atoms with Crippen molar-refractivity contribution in [3.63, 3.8) is 0 Å². The Labute approximate surface area is 158 Å². The van der Waals surface area contributed by atoms with Crippen LogP contribution in [0.4, 0.5) is 0 Å². The van der Waals surface area contributed by atoms with Crippen molar-refractivity contribution < 1.29 is 0 Å². The van der Waals surface area contributed by atoms with Gasteiger partial charge in [-0.2, -0.15) is 4.98 Å². The van der Waals surface area contributed by atoms with Gasteiger partial charge in [-0.1, -0.05) is 30.3 Å². The molecule has 3 heterocycles. The van der Waals surface area contributed by atoms with Gasteiger partial charge in [0.1, 0.15) is 5.82 Å². The van der Waals surface area contributed by atoms with Crippen molar-refractivity contribution in [1.29, 1.82) is 0 Å². The Balaban J connectivity index is 1.80. The van der Waals surface area contributed by atoms with E-state index < -0.39 is 11.2 Å². The number of rotatable bonds is 4. The molecule has 3 aromatic heterocycles. The first kappa shape index (κ1) is 17.3. The average Bonchev–Trinajstić information content (AvgIpc) is 3.24. The van der Waals surface area contributed by atoms with Gasteiger partial charge in [-0.15, -0.1) is 0 Å². The summed E-state index contributed by atoms with van der Waals surface area (Å²) in [6.07, 6.45) is 3.59. The van der Waals surface area contributed by atoms with Gasteiger partial charge in [0.05, 0.1) is 6.54 Å². The Morgan fingerprint density at radius 3 is 2.52 bits per heavy atom. The standard InChI is InChI=1S/C18H17ClN6O2/c1-22-15-14(16(26)23(2)18(22)27)25(17(19)21-15)11-13-20-8-9-24(13)10-12-6-4-3-5-7-12/h3-9H,10-11H2,1-2H3. The lowest BCUT2D eigenvalue weighted by molar-refractivity contribution is 0.667. The Bertz CT molecular complexity index is 1250. The largest absolute Gasteiger partial charge is 0.332 e. The molecule has 0 aliphatic heterocycles. The second-order valence-corrected chi connectivity index (χ2v) is 6.64. The molecule has 0 bridgehead atoms. The van der Waals surface area contributed by atoms with Crippen LogP contribution < -0.4 is 11.2 Å². The summed E-state index contributed by atoms with van der Waals surface area (Å²) in [5.41, 5.74) is 0.790. The minimum atomic E-state index is -0.445. The van der Waals surface area contributed by atoms with Crippen LogP contribution in [0.2, 0.25) is 5.28 Å². The van der Waals surface area contributed by atoms with Gasteiger partial charge < -0.3 is 9.13 Å². The monoisotopic (exact) mass is 384 g/mol. The molecule has 138 valence electrons. The van der Waals surface area contributed by atoms with Crippen LogP contribution in [0.3, 0.4) is 0 Å². The normalized spacial score (nSPS) is 11.4. The van der Waals surface area contributed by atoms with Crippen molar-refractivity contribution >= 4 is 22.8 Å². The summed E-state index contributed by atoms with van der Waals surface area (Å²) in [5.74, 6) is 0.732. The summed E-state index contributed by atoms with van der Waals surface area (Å²) in [4.78, 5) is 33.4. The highest BCUT2D eigenvalue weighted by Crippen LogP contribution is 2.17. The van der Waals surface area contributed by atoms with Gasteiger partial charge >= 0.3 is 5.69 Å². The minimum Gasteiger partial charge on any atom is -0.329 e. The third kappa shape index (κ3) is 2.87. The van der Waals surface area contributed by atoms with E-state index in [0.717, 1.165) is 16.0 Å². The Morgan fingerprint density at radius 2 is 1.78 bits per heavy atom. The lowest BCUT2D eigenvalue weighted by Crippen LogP contribution is -2.37. The van der Waals surface area contributed by atoms with E-state index in [9.17, 15) is 9.59 Å². The molecule has 0 radical (unpaired) electrons. The number of aryl methyl sites for hydroxylation is 1. The maximum atomic E-state index is 12.6. The summed E-state index contributed by atoms with van der Waals surface area (Å²) < 4.78 is 5.94. The number of imidazole rings is 2. The van der Waals surface area contributed by atoms with Gasteiger partial charge in [-0.3, -0.25) is 13.9 Å². The van der Waals surface area contributed by atoms with E-state index in [1.54, 1.807) is 17.8 Å². The molecule has 0 spiro atoms. The van der Waals surface area contributed by atoms with E-state index in [4.69, 9.17) is 11.6 Å². The molecule has 0 aliphatic rings. The van der Waals surface area contributed by atoms with Gasteiger partial charge in [0.25, 0.3) is 5.56 Å². The molecule has 9 heteroatoms. The van der Waals surface area contributed by atoms with Crippen LogP contribution in [0.1, 0.15) is 11.4 Å². The molecule has 0 saturated heterocycles. The summed E-state index contributed by atoms with van der Waals surface area (Å²) in [7, 11) is 3.00. The Hall–Kier alpha value is -3.13. The number of halogens is 1. The van der Waals surface area contributed by atoms with Crippen LogP contribution in [0.5, 0.6) is 0 Å². The van der Waals surface area contributed by atoms with Crippen molar-refractivity contribution in [2.24, 2.45) is 14.1 Å². The summed E-state index contributed by atoms with van der Waals surface area (Å²) in [6, 6.07) is 10.0. The minimum absolute atomic E-state index is 0.137. The third-order valence-electron chi connectivity index (χ3n) is 4.60. The molecular formula is C18H17ClN6O2. The fraction of sp³-hybridized carbons (Fsp3) is 0.222. The van der Waals surface area contributed by atoms with Crippen LogP contribution in [0.15, 0.2) is 52.3 Å². The SMILES string of the molecule is Cn1c(=O)c2c(nc(Cl)n2Cc2nccn2Cc2ccccc2)n(C)c1=O. The second kappa shape index (κ2) is 6.55. The third-order valence-corrected chi connectivity index (χ3v) is 4.89. The van der Waals surface area contributed by atoms with Crippen molar-refractivity contribution in [3.8, 4) is 0 Å². The van der Waals surface area contributed by atoms with E-state index in [2.05, 4.69) is 9.97 Å². The predicted octanol–water partition coefficient (Wildman–Crippen LogP) is 1.38. The molecule has 0 unspecified atom stereocenters. The molecule has 0 saturated carbocycles. The Kier molecular flexibility index (Phi) is 4.19. The highest BCUT2D eigenvalue weighted by Gasteiger charge is 2.19. The molecule has 0 fully saturated rings. The maximum absolute atomic E-state index is 12.6. The van der Waals surface area contributed by atoms with Gasteiger partial charge in [-0.05, 0) is 17.2 Å². The van der Waals surface area contributed by atoms with Gasteiger partial charge in [0.15, 0.2) is 11.2 Å². The fourth-order valence-electron chi connectivity index (χ4n) is 3.12. The highest BCUT2D eigenvalue weighted by molar-refractivity contribution is 6.29. The maximum Gasteiger partial charge on any atom is 0.332 e. The molecular weight excluding hydrogens is 368 g/mol. The number of hydrogen-bond acceptors (Lipinski definition) is 4. The number of aromatic nitrogens is 6. The molecule has 1 aromatic carbocycles. The van der Waals surface area contributed by atoms with E-state index in [1.807, 2.05) is 41.1 Å². The number of hydrogen-bond donors (Lipinski definition) is 0.